The zero-order valence-electron chi connectivity index (χ0n) is 17.0. The predicted octanol–water partition coefficient (Wildman–Crippen LogP) is 4.12. The fourth-order valence-electron chi connectivity index (χ4n) is 4.01. The van der Waals surface area contributed by atoms with E-state index in [-0.39, 0.29) is 29.3 Å². The summed E-state index contributed by atoms with van der Waals surface area (Å²) < 4.78 is 27.3. The van der Waals surface area contributed by atoms with Crippen molar-refractivity contribution in [2.75, 3.05) is 13.1 Å². The molecule has 5 nitrogen and oxygen atoms in total. The van der Waals surface area contributed by atoms with E-state index < -0.39 is 10.0 Å². The lowest BCUT2D eigenvalue weighted by Crippen LogP contribution is -2.45. The van der Waals surface area contributed by atoms with Gasteiger partial charge in [-0.15, -0.1) is 0 Å². The summed E-state index contributed by atoms with van der Waals surface area (Å²) in [5.74, 6) is -0.441. The van der Waals surface area contributed by atoms with Crippen LogP contribution in [0.5, 0.6) is 0 Å². The molecule has 30 heavy (non-hydrogen) atoms. The van der Waals surface area contributed by atoms with E-state index in [1.165, 1.54) is 4.31 Å². The van der Waals surface area contributed by atoms with Gasteiger partial charge in [0.25, 0.3) is 0 Å². The van der Waals surface area contributed by atoms with Crippen LogP contribution in [0.4, 0.5) is 0 Å². The van der Waals surface area contributed by atoms with Gasteiger partial charge in [-0.3, -0.25) is 4.79 Å². The van der Waals surface area contributed by atoms with Crippen LogP contribution < -0.4 is 5.32 Å². The average molecular weight is 423 g/mol. The summed E-state index contributed by atoms with van der Waals surface area (Å²) >= 11 is 0. The Hall–Kier alpha value is -2.70. The Bertz CT molecular complexity index is 1150. The van der Waals surface area contributed by atoms with Gasteiger partial charge in [0.05, 0.1) is 16.9 Å². The Morgan fingerprint density at radius 3 is 2.47 bits per heavy atom. The minimum Gasteiger partial charge on any atom is -0.349 e. The number of hydrogen-bond acceptors (Lipinski definition) is 3. The summed E-state index contributed by atoms with van der Waals surface area (Å²) in [6.45, 7) is 2.62. The molecule has 1 aliphatic rings. The molecule has 6 heteroatoms. The van der Waals surface area contributed by atoms with Crippen molar-refractivity contribution < 1.29 is 13.2 Å². The molecule has 1 amide bonds. The van der Waals surface area contributed by atoms with Crippen LogP contribution >= 0.6 is 0 Å². The molecule has 2 atom stereocenters. The monoisotopic (exact) mass is 422 g/mol. The molecule has 4 rings (SSSR count). The number of piperidine rings is 1. The molecule has 156 valence electrons. The number of benzene rings is 3. The number of carbonyl (C=O) groups is 1. The summed E-state index contributed by atoms with van der Waals surface area (Å²) in [6, 6.07) is 22.6. The molecule has 2 unspecified atom stereocenters. The average Bonchev–Trinajstić information content (AvgIpc) is 2.79. The Morgan fingerprint density at radius 1 is 1.00 bits per heavy atom. The van der Waals surface area contributed by atoms with Crippen LogP contribution in [0.1, 0.15) is 31.4 Å². The van der Waals surface area contributed by atoms with Gasteiger partial charge in [-0.1, -0.05) is 54.6 Å². The first kappa shape index (κ1) is 20.6. The molecule has 1 aliphatic heterocycles. The van der Waals surface area contributed by atoms with Crippen molar-refractivity contribution in [3.8, 4) is 0 Å². The van der Waals surface area contributed by atoms with Crippen molar-refractivity contribution in [2.24, 2.45) is 5.92 Å². The second-order valence-electron chi connectivity index (χ2n) is 7.85. The van der Waals surface area contributed by atoms with E-state index in [0.717, 1.165) is 16.3 Å². The van der Waals surface area contributed by atoms with Crippen molar-refractivity contribution >= 4 is 26.7 Å². The van der Waals surface area contributed by atoms with E-state index in [2.05, 4.69) is 29.6 Å². The van der Waals surface area contributed by atoms with E-state index in [0.29, 0.717) is 19.4 Å². The van der Waals surface area contributed by atoms with Crippen LogP contribution in [0.3, 0.4) is 0 Å². The number of hydrogen-bond donors (Lipinski definition) is 1. The van der Waals surface area contributed by atoms with Gasteiger partial charge in [0.15, 0.2) is 0 Å². The highest BCUT2D eigenvalue weighted by Crippen LogP contribution is 2.25. The van der Waals surface area contributed by atoms with Gasteiger partial charge in [-0.25, -0.2) is 8.42 Å². The van der Waals surface area contributed by atoms with E-state index in [1.807, 2.05) is 25.1 Å². The minimum absolute atomic E-state index is 0.0939. The van der Waals surface area contributed by atoms with Gasteiger partial charge in [-0.2, -0.15) is 4.31 Å². The van der Waals surface area contributed by atoms with Crippen LogP contribution in [-0.2, 0) is 14.8 Å². The molecule has 0 bridgehead atoms. The number of sulfonamides is 1. The van der Waals surface area contributed by atoms with E-state index in [9.17, 15) is 13.2 Å². The number of nitrogens with zero attached hydrogens (tertiary/aromatic N) is 1. The normalized spacial score (nSPS) is 18.8. The lowest BCUT2D eigenvalue weighted by molar-refractivity contribution is -0.126. The Labute approximate surface area is 177 Å². The summed E-state index contributed by atoms with van der Waals surface area (Å²) in [6.07, 6.45) is 1.37. The summed E-state index contributed by atoms with van der Waals surface area (Å²) in [7, 11) is -3.58. The largest absolute Gasteiger partial charge is 0.349 e. The third kappa shape index (κ3) is 4.25. The SMILES string of the molecule is CC(NC(=O)C1CCCN(S(=O)(=O)c2ccccc2)C1)c1ccc2ccccc2c1. The topological polar surface area (TPSA) is 66.5 Å². The molecule has 1 heterocycles. The standard InChI is InChI=1S/C24H26N2O3S/c1-18(20-14-13-19-8-5-6-9-21(19)16-20)25-24(27)22-10-7-15-26(17-22)30(28,29)23-11-3-2-4-12-23/h2-6,8-9,11-14,16,18,22H,7,10,15,17H2,1H3,(H,25,27). The smallest absolute Gasteiger partial charge is 0.243 e. The zero-order chi connectivity index (χ0) is 21.1. The molecule has 0 aliphatic carbocycles. The third-order valence-electron chi connectivity index (χ3n) is 5.77. The quantitative estimate of drug-likeness (QED) is 0.673. The Kier molecular flexibility index (Phi) is 5.88. The number of nitrogens with one attached hydrogen (secondary N) is 1. The van der Waals surface area contributed by atoms with E-state index in [4.69, 9.17) is 0 Å². The van der Waals surface area contributed by atoms with E-state index >= 15 is 0 Å². The molecule has 0 radical (unpaired) electrons. The van der Waals surface area contributed by atoms with Crippen molar-refractivity contribution in [3.63, 3.8) is 0 Å². The van der Waals surface area contributed by atoms with Crippen LogP contribution in [-0.4, -0.2) is 31.7 Å². The fourth-order valence-corrected chi connectivity index (χ4v) is 5.55. The molecule has 0 aromatic heterocycles. The molecule has 1 fully saturated rings. The fraction of sp³-hybridized carbons (Fsp3) is 0.292. The van der Waals surface area contributed by atoms with Crippen molar-refractivity contribution in [1.82, 2.24) is 9.62 Å². The summed E-state index contributed by atoms with van der Waals surface area (Å²) in [5.41, 5.74) is 1.03. The number of fused-ring (bicyclic) bond motifs is 1. The predicted molar refractivity (Wildman–Crippen MR) is 118 cm³/mol. The summed E-state index contributed by atoms with van der Waals surface area (Å²) in [4.78, 5) is 13.2. The summed E-state index contributed by atoms with van der Waals surface area (Å²) in [5, 5.41) is 5.38. The van der Waals surface area contributed by atoms with Gasteiger partial charge >= 0.3 is 0 Å². The minimum atomic E-state index is -3.58. The van der Waals surface area contributed by atoms with Gasteiger partial charge in [0.1, 0.15) is 0 Å². The van der Waals surface area contributed by atoms with Crippen LogP contribution in [0.15, 0.2) is 77.7 Å². The van der Waals surface area contributed by atoms with Gasteiger partial charge in [-0.05, 0) is 54.3 Å². The lowest BCUT2D eigenvalue weighted by atomic mass is 9.97. The van der Waals surface area contributed by atoms with Gasteiger partial charge in [0.2, 0.25) is 15.9 Å². The Balaban J connectivity index is 1.45. The molecule has 1 N–H and O–H groups in total. The number of amides is 1. The number of rotatable bonds is 5. The van der Waals surface area contributed by atoms with Crippen molar-refractivity contribution in [3.05, 3.63) is 78.4 Å². The highest BCUT2D eigenvalue weighted by Gasteiger charge is 2.33. The van der Waals surface area contributed by atoms with Crippen LogP contribution in [0, 0.1) is 5.92 Å². The third-order valence-corrected chi connectivity index (χ3v) is 7.65. The molecule has 3 aromatic carbocycles. The van der Waals surface area contributed by atoms with Crippen molar-refractivity contribution in [2.45, 2.75) is 30.7 Å². The highest BCUT2D eigenvalue weighted by atomic mass is 32.2. The first-order valence-electron chi connectivity index (χ1n) is 10.3. The molecule has 0 saturated carbocycles. The second kappa shape index (κ2) is 8.58. The Morgan fingerprint density at radius 2 is 1.70 bits per heavy atom. The molecule has 0 spiro atoms. The molecular formula is C24H26N2O3S. The van der Waals surface area contributed by atoms with Gasteiger partial charge in [0, 0.05) is 13.1 Å². The van der Waals surface area contributed by atoms with E-state index in [1.54, 1.807) is 30.3 Å². The molecule has 1 saturated heterocycles. The zero-order valence-corrected chi connectivity index (χ0v) is 17.8. The maximum Gasteiger partial charge on any atom is 0.243 e. The highest BCUT2D eigenvalue weighted by molar-refractivity contribution is 7.89. The van der Waals surface area contributed by atoms with Gasteiger partial charge < -0.3 is 5.32 Å². The molecule has 3 aromatic rings. The maximum atomic E-state index is 12.9. The second-order valence-corrected chi connectivity index (χ2v) is 9.79. The lowest BCUT2D eigenvalue weighted by Gasteiger charge is -2.32. The van der Waals surface area contributed by atoms with Crippen molar-refractivity contribution in [1.29, 1.82) is 0 Å². The first-order valence-corrected chi connectivity index (χ1v) is 11.7. The maximum absolute atomic E-state index is 12.9. The number of carbonyl (C=O) groups excluding carboxylic acids is 1. The first-order chi connectivity index (χ1) is 14.4. The van der Waals surface area contributed by atoms with Crippen LogP contribution in [0.2, 0.25) is 0 Å². The van der Waals surface area contributed by atoms with Crippen LogP contribution in [0.25, 0.3) is 10.8 Å². The molecular weight excluding hydrogens is 396 g/mol.